The van der Waals surface area contributed by atoms with E-state index in [1.54, 1.807) is 23.9 Å². The molecule has 0 amide bonds. The summed E-state index contributed by atoms with van der Waals surface area (Å²) in [5, 5.41) is 3.53. The molecule has 0 aliphatic heterocycles. The third-order valence-corrected chi connectivity index (χ3v) is 4.55. The molecule has 0 heterocycles. The molecule has 21 heavy (non-hydrogen) atoms. The van der Waals surface area contributed by atoms with Crippen molar-refractivity contribution in [3.05, 3.63) is 65.0 Å². The van der Waals surface area contributed by atoms with E-state index >= 15 is 0 Å². The Labute approximate surface area is 131 Å². The Bertz CT molecular complexity index is 598. The Morgan fingerprint density at radius 1 is 1.14 bits per heavy atom. The standard InChI is InChI=1S/C18H22FNS/c1-4-20-18(17-9-8-13(2)10-14(17)3)12-21-16-7-5-6-15(19)11-16/h5-11,18,20H,4,12H2,1-3H3. The molecule has 1 N–H and O–H groups in total. The molecule has 0 saturated heterocycles. The number of halogens is 1. The van der Waals surface area contributed by atoms with Crippen molar-refractivity contribution in [1.82, 2.24) is 5.32 Å². The fourth-order valence-corrected chi connectivity index (χ4v) is 3.49. The lowest BCUT2D eigenvalue weighted by molar-refractivity contribution is 0.602. The van der Waals surface area contributed by atoms with Gasteiger partial charge in [-0.1, -0.05) is 36.8 Å². The lowest BCUT2D eigenvalue weighted by atomic mass is 10.0. The number of rotatable bonds is 6. The Hall–Kier alpha value is -1.32. The Kier molecular flexibility index (Phi) is 5.83. The summed E-state index contributed by atoms with van der Waals surface area (Å²) in [6.07, 6.45) is 0. The zero-order chi connectivity index (χ0) is 15.2. The van der Waals surface area contributed by atoms with Gasteiger partial charge in [0.1, 0.15) is 5.82 Å². The summed E-state index contributed by atoms with van der Waals surface area (Å²) < 4.78 is 13.2. The third kappa shape index (κ3) is 4.58. The van der Waals surface area contributed by atoms with Crippen molar-refractivity contribution in [1.29, 1.82) is 0 Å². The maximum atomic E-state index is 13.2. The van der Waals surface area contributed by atoms with Gasteiger partial charge in [0.25, 0.3) is 0 Å². The second kappa shape index (κ2) is 7.62. The van der Waals surface area contributed by atoms with Crippen molar-refractivity contribution in [2.24, 2.45) is 0 Å². The fourth-order valence-electron chi connectivity index (χ4n) is 2.46. The molecule has 0 bridgehead atoms. The molecular weight excluding hydrogens is 281 g/mol. The Balaban J connectivity index is 2.12. The number of hydrogen-bond acceptors (Lipinski definition) is 2. The summed E-state index contributed by atoms with van der Waals surface area (Å²) in [5.74, 6) is 0.716. The summed E-state index contributed by atoms with van der Waals surface area (Å²) in [6.45, 7) is 7.30. The average molecular weight is 303 g/mol. The number of hydrogen-bond donors (Lipinski definition) is 1. The van der Waals surface area contributed by atoms with Crippen LogP contribution in [0.2, 0.25) is 0 Å². The predicted molar refractivity (Wildman–Crippen MR) is 89.5 cm³/mol. The van der Waals surface area contributed by atoms with Crippen molar-refractivity contribution >= 4 is 11.8 Å². The molecule has 0 spiro atoms. The normalized spacial score (nSPS) is 12.4. The molecule has 2 aromatic rings. The summed E-state index contributed by atoms with van der Waals surface area (Å²) >= 11 is 1.69. The highest BCUT2D eigenvalue weighted by Gasteiger charge is 2.13. The van der Waals surface area contributed by atoms with Gasteiger partial charge in [-0.05, 0) is 49.7 Å². The van der Waals surface area contributed by atoms with Crippen LogP contribution in [0.1, 0.15) is 29.7 Å². The fraction of sp³-hybridized carbons (Fsp3) is 0.333. The molecule has 3 heteroatoms. The van der Waals surface area contributed by atoms with Gasteiger partial charge in [-0.15, -0.1) is 11.8 Å². The molecule has 0 saturated carbocycles. The van der Waals surface area contributed by atoms with Crippen molar-refractivity contribution in [3.63, 3.8) is 0 Å². The first-order valence-electron chi connectivity index (χ1n) is 7.29. The molecule has 0 aliphatic carbocycles. The smallest absolute Gasteiger partial charge is 0.124 e. The highest BCUT2D eigenvalue weighted by Crippen LogP contribution is 2.27. The SMILES string of the molecule is CCNC(CSc1cccc(F)c1)c1ccc(C)cc1C. The van der Waals surface area contributed by atoms with E-state index in [0.29, 0.717) is 0 Å². The minimum atomic E-state index is -0.175. The molecular formula is C18H22FNS. The van der Waals surface area contributed by atoms with Crippen molar-refractivity contribution in [3.8, 4) is 0 Å². The zero-order valence-electron chi connectivity index (χ0n) is 12.8. The molecule has 2 aromatic carbocycles. The first-order chi connectivity index (χ1) is 10.1. The van der Waals surface area contributed by atoms with E-state index in [1.807, 2.05) is 6.07 Å². The van der Waals surface area contributed by atoms with E-state index in [9.17, 15) is 4.39 Å². The van der Waals surface area contributed by atoms with Gasteiger partial charge in [-0.3, -0.25) is 0 Å². The van der Waals surface area contributed by atoms with E-state index < -0.39 is 0 Å². The zero-order valence-corrected chi connectivity index (χ0v) is 13.6. The molecule has 1 nitrogen and oxygen atoms in total. The van der Waals surface area contributed by atoms with Crippen LogP contribution in [0, 0.1) is 19.7 Å². The minimum Gasteiger partial charge on any atom is -0.309 e. The van der Waals surface area contributed by atoms with Crippen LogP contribution < -0.4 is 5.32 Å². The highest BCUT2D eigenvalue weighted by atomic mass is 32.2. The maximum absolute atomic E-state index is 13.2. The third-order valence-electron chi connectivity index (χ3n) is 3.46. The predicted octanol–water partition coefficient (Wildman–Crippen LogP) is 4.89. The quantitative estimate of drug-likeness (QED) is 0.763. The lowest BCUT2D eigenvalue weighted by Gasteiger charge is -2.20. The van der Waals surface area contributed by atoms with Crippen LogP contribution in [0.25, 0.3) is 0 Å². The second-order valence-electron chi connectivity index (χ2n) is 5.24. The van der Waals surface area contributed by atoms with E-state index in [2.05, 4.69) is 44.3 Å². The summed E-state index contributed by atoms with van der Waals surface area (Å²) in [5.41, 5.74) is 3.91. The first-order valence-corrected chi connectivity index (χ1v) is 8.27. The van der Waals surface area contributed by atoms with Gasteiger partial charge in [-0.2, -0.15) is 0 Å². The van der Waals surface area contributed by atoms with E-state index in [-0.39, 0.29) is 11.9 Å². The van der Waals surface area contributed by atoms with Crippen LogP contribution in [0.15, 0.2) is 47.4 Å². The summed E-state index contributed by atoms with van der Waals surface area (Å²) in [4.78, 5) is 0.975. The van der Waals surface area contributed by atoms with E-state index in [4.69, 9.17) is 0 Å². The van der Waals surface area contributed by atoms with Gasteiger partial charge in [0, 0.05) is 16.7 Å². The van der Waals surface area contributed by atoms with E-state index in [0.717, 1.165) is 17.2 Å². The molecule has 0 radical (unpaired) electrons. The Morgan fingerprint density at radius 2 is 1.95 bits per heavy atom. The number of nitrogens with one attached hydrogen (secondary N) is 1. The molecule has 2 rings (SSSR count). The number of benzene rings is 2. The van der Waals surface area contributed by atoms with Crippen LogP contribution in [0.3, 0.4) is 0 Å². The van der Waals surface area contributed by atoms with Crippen LogP contribution >= 0.6 is 11.8 Å². The molecule has 112 valence electrons. The molecule has 0 fully saturated rings. The largest absolute Gasteiger partial charge is 0.309 e. The van der Waals surface area contributed by atoms with Gasteiger partial charge >= 0.3 is 0 Å². The van der Waals surface area contributed by atoms with Gasteiger partial charge in [0.2, 0.25) is 0 Å². The van der Waals surface area contributed by atoms with Crippen molar-refractivity contribution < 1.29 is 4.39 Å². The van der Waals surface area contributed by atoms with Gasteiger partial charge < -0.3 is 5.32 Å². The maximum Gasteiger partial charge on any atom is 0.124 e. The molecule has 1 atom stereocenters. The topological polar surface area (TPSA) is 12.0 Å². The van der Waals surface area contributed by atoms with Gasteiger partial charge in [0.05, 0.1) is 0 Å². The minimum absolute atomic E-state index is 0.175. The summed E-state index contributed by atoms with van der Waals surface area (Å²) in [7, 11) is 0. The van der Waals surface area contributed by atoms with Crippen LogP contribution in [-0.2, 0) is 0 Å². The molecule has 0 aromatic heterocycles. The number of aryl methyl sites for hydroxylation is 2. The second-order valence-corrected chi connectivity index (χ2v) is 6.33. The van der Waals surface area contributed by atoms with Crippen LogP contribution in [0.5, 0.6) is 0 Å². The summed E-state index contributed by atoms with van der Waals surface area (Å²) in [6, 6.07) is 13.6. The van der Waals surface area contributed by atoms with Crippen molar-refractivity contribution in [2.75, 3.05) is 12.3 Å². The lowest BCUT2D eigenvalue weighted by Crippen LogP contribution is -2.23. The van der Waals surface area contributed by atoms with Crippen molar-refractivity contribution in [2.45, 2.75) is 31.7 Å². The number of thioether (sulfide) groups is 1. The van der Waals surface area contributed by atoms with Crippen LogP contribution in [0.4, 0.5) is 4.39 Å². The first kappa shape index (κ1) is 16.1. The monoisotopic (exact) mass is 303 g/mol. The average Bonchev–Trinajstić information content (AvgIpc) is 2.44. The Morgan fingerprint density at radius 3 is 2.62 bits per heavy atom. The highest BCUT2D eigenvalue weighted by molar-refractivity contribution is 7.99. The van der Waals surface area contributed by atoms with Gasteiger partial charge in [-0.25, -0.2) is 4.39 Å². The molecule has 0 aliphatic rings. The van der Waals surface area contributed by atoms with Gasteiger partial charge in [0.15, 0.2) is 0 Å². The van der Waals surface area contributed by atoms with Crippen LogP contribution in [-0.4, -0.2) is 12.3 Å². The molecule has 1 unspecified atom stereocenters. The van der Waals surface area contributed by atoms with E-state index in [1.165, 1.54) is 22.8 Å².